The number of carbonyl (C=O) groups excluding carboxylic acids is 2. The zero-order valence-corrected chi connectivity index (χ0v) is 8.75. The van der Waals surface area contributed by atoms with Crippen molar-refractivity contribution >= 4 is 11.8 Å². The molecular weight excluding hydrogens is 180 g/mol. The van der Waals surface area contributed by atoms with E-state index in [2.05, 4.69) is 5.32 Å². The predicted molar refractivity (Wildman–Crippen MR) is 53.3 cm³/mol. The molecule has 3 N–H and O–H groups in total. The third-order valence-electron chi connectivity index (χ3n) is 2.73. The number of carbonyl (C=O) groups is 2. The lowest BCUT2D eigenvalue weighted by atomic mass is 10.0. The molecule has 0 heterocycles. The smallest absolute Gasteiger partial charge is 0.222 e. The van der Waals surface area contributed by atoms with Crippen molar-refractivity contribution in [3.8, 4) is 0 Å². The molecule has 0 radical (unpaired) electrons. The average Bonchev–Trinajstić information content (AvgIpc) is 2.52. The quantitative estimate of drug-likeness (QED) is 0.689. The van der Waals surface area contributed by atoms with Crippen LogP contribution in [0.25, 0.3) is 0 Å². The molecular formula is C10H18N2O2. The van der Waals surface area contributed by atoms with E-state index in [4.69, 9.17) is 5.73 Å². The van der Waals surface area contributed by atoms with Gasteiger partial charge >= 0.3 is 0 Å². The van der Waals surface area contributed by atoms with Gasteiger partial charge in [0.1, 0.15) is 0 Å². The van der Waals surface area contributed by atoms with Gasteiger partial charge < -0.3 is 11.1 Å². The van der Waals surface area contributed by atoms with Gasteiger partial charge in [0, 0.05) is 12.0 Å². The first-order chi connectivity index (χ1) is 6.52. The van der Waals surface area contributed by atoms with Crippen LogP contribution in [-0.4, -0.2) is 17.9 Å². The van der Waals surface area contributed by atoms with E-state index < -0.39 is 0 Å². The lowest BCUT2D eigenvalue weighted by Crippen LogP contribution is -2.43. The molecule has 1 aliphatic carbocycles. The lowest BCUT2D eigenvalue weighted by Gasteiger charge is -2.19. The van der Waals surface area contributed by atoms with Crippen LogP contribution in [0.1, 0.15) is 33.1 Å². The highest BCUT2D eigenvalue weighted by atomic mass is 16.2. The van der Waals surface area contributed by atoms with Crippen LogP contribution in [0, 0.1) is 11.8 Å². The highest BCUT2D eigenvalue weighted by Gasteiger charge is 2.32. The minimum atomic E-state index is -0.295. The Kier molecular flexibility index (Phi) is 3.49. The van der Waals surface area contributed by atoms with E-state index in [1.54, 1.807) is 0 Å². The highest BCUT2D eigenvalue weighted by molar-refractivity contribution is 5.81. The van der Waals surface area contributed by atoms with E-state index in [9.17, 15) is 9.59 Å². The van der Waals surface area contributed by atoms with Gasteiger partial charge in [-0.1, -0.05) is 20.3 Å². The Labute approximate surface area is 84.2 Å². The minimum Gasteiger partial charge on any atom is -0.369 e. The molecule has 2 amide bonds. The molecule has 0 bridgehead atoms. The van der Waals surface area contributed by atoms with Crippen molar-refractivity contribution in [3.05, 3.63) is 0 Å². The summed E-state index contributed by atoms with van der Waals surface area (Å²) in [6, 6.07) is -0.0394. The van der Waals surface area contributed by atoms with Gasteiger partial charge in [-0.3, -0.25) is 9.59 Å². The first kappa shape index (κ1) is 11.0. The second kappa shape index (κ2) is 4.44. The summed E-state index contributed by atoms with van der Waals surface area (Å²) in [6.45, 7) is 3.67. The molecule has 1 rings (SSSR count). The second-order valence-electron chi connectivity index (χ2n) is 4.21. The van der Waals surface area contributed by atoms with Gasteiger partial charge in [0.25, 0.3) is 0 Å². The van der Waals surface area contributed by atoms with Gasteiger partial charge in [-0.15, -0.1) is 0 Å². The van der Waals surface area contributed by atoms with Crippen molar-refractivity contribution < 1.29 is 9.59 Å². The molecule has 0 aromatic heterocycles. The van der Waals surface area contributed by atoms with Crippen LogP contribution in [0.3, 0.4) is 0 Å². The van der Waals surface area contributed by atoms with E-state index in [0.717, 1.165) is 19.3 Å². The fourth-order valence-corrected chi connectivity index (χ4v) is 1.82. The zero-order chi connectivity index (χ0) is 10.7. The number of nitrogens with one attached hydrogen (secondary N) is 1. The molecule has 0 saturated heterocycles. The third kappa shape index (κ3) is 2.47. The normalized spacial score (nSPS) is 26.5. The van der Waals surface area contributed by atoms with E-state index in [1.165, 1.54) is 0 Å². The molecule has 0 aliphatic heterocycles. The molecule has 4 nitrogen and oxygen atoms in total. The Hall–Kier alpha value is -1.06. The molecule has 1 aliphatic rings. The lowest BCUT2D eigenvalue weighted by molar-refractivity contribution is -0.126. The Morgan fingerprint density at radius 2 is 2.00 bits per heavy atom. The van der Waals surface area contributed by atoms with Gasteiger partial charge in [-0.2, -0.15) is 0 Å². The third-order valence-corrected chi connectivity index (χ3v) is 2.73. The van der Waals surface area contributed by atoms with Crippen LogP contribution in [0.15, 0.2) is 0 Å². The van der Waals surface area contributed by atoms with Gasteiger partial charge in [-0.05, 0) is 12.8 Å². The molecule has 14 heavy (non-hydrogen) atoms. The molecule has 2 atom stereocenters. The topological polar surface area (TPSA) is 72.2 Å². The van der Waals surface area contributed by atoms with E-state index in [1.807, 2.05) is 13.8 Å². The first-order valence-corrected chi connectivity index (χ1v) is 5.12. The molecule has 1 saturated carbocycles. The molecule has 4 heteroatoms. The van der Waals surface area contributed by atoms with Crippen LogP contribution in [0.4, 0.5) is 0 Å². The highest BCUT2D eigenvalue weighted by Crippen LogP contribution is 2.25. The SMILES string of the molecule is CC(C)C(=O)N[C@@H]1CCC[C@@H]1C(N)=O. The maximum Gasteiger partial charge on any atom is 0.222 e. The Balaban J connectivity index is 2.51. The monoisotopic (exact) mass is 198 g/mol. The van der Waals surface area contributed by atoms with E-state index in [-0.39, 0.29) is 29.7 Å². The Morgan fingerprint density at radius 3 is 2.50 bits per heavy atom. The van der Waals surface area contributed by atoms with Crippen molar-refractivity contribution in [2.75, 3.05) is 0 Å². The summed E-state index contributed by atoms with van der Waals surface area (Å²) >= 11 is 0. The van der Waals surface area contributed by atoms with Crippen molar-refractivity contribution in [2.45, 2.75) is 39.2 Å². The molecule has 80 valence electrons. The largest absolute Gasteiger partial charge is 0.369 e. The van der Waals surface area contributed by atoms with Crippen molar-refractivity contribution in [2.24, 2.45) is 17.6 Å². The molecule has 0 spiro atoms. The number of nitrogens with two attached hydrogens (primary N) is 1. The number of amides is 2. The molecule has 1 fully saturated rings. The van der Waals surface area contributed by atoms with Crippen molar-refractivity contribution in [3.63, 3.8) is 0 Å². The maximum absolute atomic E-state index is 11.4. The zero-order valence-electron chi connectivity index (χ0n) is 8.75. The predicted octanol–water partition coefficient (Wildman–Crippen LogP) is 0.413. The van der Waals surface area contributed by atoms with E-state index in [0.29, 0.717) is 0 Å². The summed E-state index contributed by atoms with van der Waals surface area (Å²) in [5.74, 6) is -0.499. The summed E-state index contributed by atoms with van der Waals surface area (Å²) in [6.07, 6.45) is 2.64. The maximum atomic E-state index is 11.4. The van der Waals surface area contributed by atoms with E-state index >= 15 is 0 Å². The Morgan fingerprint density at radius 1 is 1.36 bits per heavy atom. The molecule has 0 unspecified atom stereocenters. The number of rotatable bonds is 3. The van der Waals surface area contributed by atoms with Gasteiger partial charge in [0.05, 0.1) is 5.92 Å². The van der Waals surface area contributed by atoms with Crippen LogP contribution in [0.5, 0.6) is 0 Å². The number of hydrogen-bond acceptors (Lipinski definition) is 2. The summed E-state index contributed by atoms with van der Waals surface area (Å²) in [4.78, 5) is 22.4. The fraction of sp³-hybridized carbons (Fsp3) is 0.800. The molecule has 0 aromatic rings. The Bertz CT molecular complexity index is 238. The molecule has 0 aromatic carbocycles. The van der Waals surface area contributed by atoms with Crippen molar-refractivity contribution in [1.82, 2.24) is 5.32 Å². The summed E-state index contributed by atoms with van der Waals surface area (Å²) < 4.78 is 0. The fourth-order valence-electron chi connectivity index (χ4n) is 1.82. The first-order valence-electron chi connectivity index (χ1n) is 5.12. The van der Waals surface area contributed by atoms with Crippen LogP contribution in [0.2, 0.25) is 0 Å². The van der Waals surface area contributed by atoms with Gasteiger partial charge in [-0.25, -0.2) is 0 Å². The minimum absolute atomic E-state index is 0.00292. The number of primary amides is 1. The average molecular weight is 198 g/mol. The van der Waals surface area contributed by atoms with Crippen LogP contribution in [-0.2, 0) is 9.59 Å². The van der Waals surface area contributed by atoms with Crippen molar-refractivity contribution in [1.29, 1.82) is 0 Å². The summed E-state index contributed by atoms with van der Waals surface area (Å²) in [5.41, 5.74) is 5.25. The number of hydrogen-bond donors (Lipinski definition) is 2. The summed E-state index contributed by atoms with van der Waals surface area (Å²) in [7, 11) is 0. The van der Waals surface area contributed by atoms with Gasteiger partial charge in [0.2, 0.25) is 11.8 Å². The van der Waals surface area contributed by atoms with Crippen LogP contribution < -0.4 is 11.1 Å². The van der Waals surface area contributed by atoms with Crippen LogP contribution >= 0.6 is 0 Å². The second-order valence-corrected chi connectivity index (χ2v) is 4.21. The van der Waals surface area contributed by atoms with Gasteiger partial charge in [0.15, 0.2) is 0 Å². The standard InChI is InChI=1S/C10H18N2O2/c1-6(2)10(14)12-8-5-3-4-7(8)9(11)13/h6-8H,3-5H2,1-2H3,(H2,11,13)(H,12,14)/t7-,8+/m0/s1. The summed E-state index contributed by atoms with van der Waals surface area (Å²) in [5, 5.41) is 2.87.